The van der Waals surface area contributed by atoms with E-state index in [1.807, 2.05) is 0 Å². The average molecular weight is 286 g/mol. The maximum atomic E-state index is 12.7. The van der Waals surface area contributed by atoms with Gasteiger partial charge in [-0.3, -0.25) is 4.79 Å². The Morgan fingerprint density at radius 2 is 1.95 bits per heavy atom. The third kappa shape index (κ3) is 3.30. The summed E-state index contributed by atoms with van der Waals surface area (Å²) in [5.74, 6) is -1.88. The largest absolute Gasteiger partial charge is 0.393 e. The van der Waals surface area contributed by atoms with Crippen molar-refractivity contribution in [2.45, 2.75) is 25.1 Å². The number of benzene rings is 1. The van der Waals surface area contributed by atoms with Gasteiger partial charge in [-0.1, -0.05) is 30.3 Å². The van der Waals surface area contributed by atoms with Gasteiger partial charge in [-0.15, -0.1) is 0 Å². The number of halogens is 3. The maximum Gasteiger partial charge on any atom is 0.393 e. The average Bonchev–Trinajstić information content (AvgIpc) is 2.46. The van der Waals surface area contributed by atoms with E-state index in [0.717, 1.165) is 0 Å². The molecule has 3 nitrogen and oxygen atoms in total. The minimum absolute atomic E-state index is 0.0772. The van der Waals surface area contributed by atoms with Crippen molar-refractivity contribution < 1.29 is 18.0 Å². The fourth-order valence-corrected chi connectivity index (χ4v) is 2.44. The molecule has 2 N–H and O–H groups in total. The Morgan fingerprint density at radius 1 is 1.30 bits per heavy atom. The first-order chi connectivity index (χ1) is 9.39. The van der Waals surface area contributed by atoms with E-state index in [9.17, 15) is 18.0 Å². The molecule has 1 saturated heterocycles. The van der Waals surface area contributed by atoms with Crippen molar-refractivity contribution >= 4 is 5.91 Å². The second kappa shape index (κ2) is 5.83. The van der Waals surface area contributed by atoms with E-state index in [2.05, 4.69) is 0 Å². The summed E-state index contributed by atoms with van der Waals surface area (Å²) in [6.45, 7) is 0.0504. The molecule has 1 fully saturated rings. The van der Waals surface area contributed by atoms with Crippen LogP contribution < -0.4 is 5.73 Å². The number of rotatable bonds is 2. The zero-order chi connectivity index (χ0) is 14.8. The predicted molar refractivity (Wildman–Crippen MR) is 68.7 cm³/mol. The maximum absolute atomic E-state index is 12.7. The second-order valence-corrected chi connectivity index (χ2v) is 5.05. The number of nitrogens with zero attached hydrogens (tertiary/aromatic N) is 1. The van der Waals surface area contributed by atoms with Crippen LogP contribution in [0, 0.1) is 5.92 Å². The Kier molecular flexibility index (Phi) is 4.32. The molecule has 1 aromatic rings. The van der Waals surface area contributed by atoms with Gasteiger partial charge in [0.05, 0.1) is 5.92 Å². The topological polar surface area (TPSA) is 46.3 Å². The number of hydrogen-bond acceptors (Lipinski definition) is 2. The number of alkyl halides is 3. The summed E-state index contributed by atoms with van der Waals surface area (Å²) in [6, 6.07) is 7.79. The number of likely N-dealkylation sites (tertiary alicyclic amines) is 1. The minimum Gasteiger partial charge on any atom is -0.340 e. The van der Waals surface area contributed by atoms with E-state index in [0.29, 0.717) is 18.5 Å². The Hall–Kier alpha value is -1.56. The highest BCUT2D eigenvalue weighted by Crippen LogP contribution is 2.33. The van der Waals surface area contributed by atoms with Crippen LogP contribution in [0.15, 0.2) is 30.3 Å². The summed E-state index contributed by atoms with van der Waals surface area (Å²) >= 11 is 0. The van der Waals surface area contributed by atoms with E-state index in [1.165, 1.54) is 4.90 Å². The molecular formula is C14H17F3N2O. The van der Waals surface area contributed by atoms with Gasteiger partial charge in [0.25, 0.3) is 0 Å². The van der Waals surface area contributed by atoms with Gasteiger partial charge in [0.2, 0.25) is 5.91 Å². The van der Waals surface area contributed by atoms with Crippen LogP contribution in [-0.2, 0) is 4.79 Å². The van der Waals surface area contributed by atoms with Gasteiger partial charge in [0, 0.05) is 13.1 Å². The molecular weight excluding hydrogens is 269 g/mol. The number of hydrogen-bond donors (Lipinski definition) is 1. The van der Waals surface area contributed by atoms with Crippen LogP contribution >= 0.6 is 0 Å². The molecule has 1 heterocycles. The van der Waals surface area contributed by atoms with Gasteiger partial charge in [-0.05, 0) is 18.4 Å². The van der Waals surface area contributed by atoms with Crippen molar-refractivity contribution in [2.24, 2.45) is 11.7 Å². The molecule has 0 aliphatic carbocycles. The molecule has 0 saturated carbocycles. The van der Waals surface area contributed by atoms with Crippen molar-refractivity contribution in [1.29, 1.82) is 0 Å². The third-order valence-electron chi connectivity index (χ3n) is 3.62. The lowest BCUT2D eigenvalue weighted by atomic mass is 9.96. The van der Waals surface area contributed by atoms with Gasteiger partial charge < -0.3 is 10.6 Å². The summed E-state index contributed by atoms with van der Waals surface area (Å²) in [5.41, 5.74) is 6.47. The number of carbonyl (C=O) groups is 1. The highest BCUT2D eigenvalue weighted by molar-refractivity contribution is 5.83. The number of amides is 1. The smallest absolute Gasteiger partial charge is 0.340 e. The zero-order valence-electron chi connectivity index (χ0n) is 10.9. The molecule has 20 heavy (non-hydrogen) atoms. The minimum atomic E-state index is -4.25. The molecule has 0 bridgehead atoms. The predicted octanol–water partition coefficient (Wildman–Crippen LogP) is 2.49. The molecule has 1 amide bonds. The van der Waals surface area contributed by atoms with E-state index >= 15 is 0 Å². The van der Waals surface area contributed by atoms with Gasteiger partial charge in [-0.25, -0.2) is 0 Å². The Bertz CT molecular complexity index is 461. The van der Waals surface area contributed by atoms with Crippen LogP contribution in [0.4, 0.5) is 13.2 Å². The van der Waals surface area contributed by atoms with Crippen molar-refractivity contribution in [1.82, 2.24) is 4.90 Å². The normalized spacial score (nSPS) is 21.6. The van der Waals surface area contributed by atoms with Crippen molar-refractivity contribution in [2.75, 3.05) is 13.1 Å². The van der Waals surface area contributed by atoms with Gasteiger partial charge >= 0.3 is 6.18 Å². The van der Waals surface area contributed by atoms with Crippen LogP contribution in [-0.4, -0.2) is 30.1 Å². The van der Waals surface area contributed by atoms with Crippen molar-refractivity contribution in [3.05, 3.63) is 35.9 Å². The molecule has 0 radical (unpaired) electrons. The first kappa shape index (κ1) is 14.8. The van der Waals surface area contributed by atoms with Crippen LogP contribution in [0.5, 0.6) is 0 Å². The summed E-state index contributed by atoms with van der Waals surface area (Å²) in [7, 11) is 0. The number of carbonyl (C=O) groups excluding carboxylic acids is 1. The molecule has 0 aromatic heterocycles. The van der Waals surface area contributed by atoms with Crippen LogP contribution in [0.3, 0.4) is 0 Å². The molecule has 1 aliphatic rings. The fourth-order valence-electron chi connectivity index (χ4n) is 2.44. The van der Waals surface area contributed by atoms with E-state index in [1.54, 1.807) is 30.3 Å². The summed E-state index contributed by atoms with van der Waals surface area (Å²) < 4.78 is 38.2. The summed E-state index contributed by atoms with van der Waals surface area (Å²) in [5, 5.41) is 0. The Labute approximate surface area is 115 Å². The highest BCUT2D eigenvalue weighted by Gasteiger charge is 2.43. The molecule has 110 valence electrons. The summed E-state index contributed by atoms with van der Waals surface area (Å²) in [6.07, 6.45) is -3.82. The standard InChI is InChI=1S/C14H17F3N2O/c15-14(16,17)11-7-4-8-19(9-11)13(20)12(18)10-5-2-1-3-6-10/h1-3,5-6,11-12H,4,7-9,18H2/t11?,12-/m1/s1. The third-order valence-corrected chi connectivity index (χ3v) is 3.62. The molecule has 1 aromatic carbocycles. The lowest BCUT2D eigenvalue weighted by Gasteiger charge is -2.35. The highest BCUT2D eigenvalue weighted by atomic mass is 19.4. The lowest BCUT2D eigenvalue weighted by molar-refractivity contribution is -0.188. The van der Waals surface area contributed by atoms with Crippen LogP contribution in [0.2, 0.25) is 0 Å². The van der Waals surface area contributed by atoms with Gasteiger partial charge in [0.1, 0.15) is 6.04 Å². The molecule has 1 unspecified atom stereocenters. The summed E-state index contributed by atoms with van der Waals surface area (Å²) in [4.78, 5) is 13.4. The SMILES string of the molecule is N[C@@H](C(=O)N1CCCC(C(F)(F)F)C1)c1ccccc1. The van der Waals surface area contributed by atoms with E-state index in [-0.39, 0.29) is 13.0 Å². The van der Waals surface area contributed by atoms with Crippen molar-refractivity contribution in [3.8, 4) is 0 Å². The molecule has 6 heteroatoms. The van der Waals surface area contributed by atoms with Gasteiger partial charge in [0.15, 0.2) is 0 Å². The first-order valence-corrected chi connectivity index (χ1v) is 6.55. The Morgan fingerprint density at radius 3 is 2.55 bits per heavy atom. The molecule has 0 spiro atoms. The van der Waals surface area contributed by atoms with E-state index < -0.39 is 24.0 Å². The van der Waals surface area contributed by atoms with Gasteiger partial charge in [-0.2, -0.15) is 13.2 Å². The molecule has 2 rings (SSSR count). The first-order valence-electron chi connectivity index (χ1n) is 6.55. The quantitative estimate of drug-likeness (QED) is 0.908. The van der Waals surface area contributed by atoms with Crippen LogP contribution in [0.25, 0.3) is 0 Å². The number of nitrogens with two attached hydrogens (primary N) is 1. The molecule has 2 atom stereocenters. The molecule has 1 aliphatic heterocycles. The second-order valence-electron chi connectivity index (χ2n) is 5.05. The van der Waals surface area contributed by atoms with Crippen LogP contribution in [0.1, 0.15) is 24.4 Å². The lowest BCUT2D eigenvalue weighted by Crippen LogP contribution is -2.47. The number of piperidine rings is 1. The Balaban J connectivity index is 2.05. The zero-order valence-corrected chi connectivity index (χ0v) is 10.9. The van der Waals surface area contributed by atoms with E-state index in [4.69, 9.17) is 5.73 Å². The monoisotopic (exact) mass is 286 g/mol. The fraction of sp³-hybridized carbons (Fsp3) is 0.500. The van der Waals surface area contributed by atoms with Crippen molar-refractivity contribution in [3.63, 3.8) is 0 Å².